The smallest absolute Gasteiger partial charge is 0.264 e. The third kappa shape index (κ3) is 5.59. The summed E-state index contributed by atoms with van der Waals surface area (Å²) in [6, 6.07) is 8.07. The highest BCUT2D eigenvalue weighted by molar-refractivity contribution is 6.74. The molecule has 3 rings (SSSR count). The lowest BCUT2D eigenvalue weighted by molar-refractivity contribution is 0.0981. The molecule has 0 aliphatic heterocycles. The number of fused-ring (bicyclic) bond motifs is 1. The van der Waals surface area contributed by atoms with Crippen LogP contribution in [0.5, 0.6) is 0 Å². The Kier molecular flexibility index (Phi) is 7.89. The molecule has 0 bridgehead atoms. The molecular weight excluding hydrogens is 475 g/mol. The number of carbonyl (C=O) groups excluding carboxylic acids is 1. The summed E-state index contributed by atoms with van der Waals surface area (Å²) < 4.78 is 8.57. The molecule has 0 aliphatic rings. The van der Waals surface area contributed by atoms with E-state index in [4.69, 9.17) is 27.6 Å². The minimum atomic E-state index is -1.98. The summed E-state index contributed by atoms with van der Waals surface area (Å²) in [7, 11) is -1.98. The van der Waals surface area contributed by atoms with Gasteiger partial charge < -0.3 is 13.9 Å². The number of nitrogens with zero attached hydrogens (tertiary/aromatic N) is 4. The van der Waals surface area contributed by atoms with Crippen molar-refractivity contribution in [3.63, 3.8) is 0 Å². The summed E-state index contributed by atoms with van der Waals surface area (Å²) in [6.45, 7) is 14.8. The molecule has 0 aliphatic carbocycles. The van der Waals surface area contributed by atoms with E-state index >= 15 is 0 Å². The van der Waals surface area contributed by atoms with Crippen LogP contribution in [0, 0.1) is 0 Å². The fraction of sp³-hybridized carbons (Fsp3) is 0.458. The van der Waals surface area contributed by atoms with E-state index in [-0.39, 0.29) is 26.8 Å². The minimum Gasteiger partial charge on any atom is -0.415 e. The van der Waals surface area contributed by atoms with Crippen LogP contribution in [0.4, 0.5) is 5.69 Å². The zero-order valence-corrected chi connectivity index (χ0v) is 22.7. The molecule has 1 aromatic carbocycles. The lowest BCUT2D eigenvalue weighted by Gasteiger charge is -2.37. The summed E-state index contributed by atoms with van der Waals surface area (Å²) in [5, 5.41) is 1.20. The lowest BCUT2D eigenvalue weighted by atomic mass is 10.2. The molecule has 33 heavy (non-hydrogen) atoms. The Balaban J connectivity index is 1.96. The number of carbonyl (C=O) groups is 1. The Bertz CT molecular complexity index is 1120. The van der Waals surface area contributed by atoms with Crippen molar-refractivity contribution >= 4 is 54.0 Å². The Labute approximate surface area is 207 Å². The number of anilines is 1. The van der Waals surface area contributed by atoms with Gasteiger partial charge in [0.05, 0.1) is 6.61 Å². The van der Waals surface area contributed by atoms with Gasteiger partial charge in [0.15, 0.2) is 8.32 Å². The van der Waals surface area contributed by atoms with E-state index in [1.807, 2.05) is 18.2 Å². The number of halogens is 2. The van der Waals surface area contributed by atoms with E-state index in [1.54, 1.807) is 4.90 Å². The Morgan fingerprint density at radius 1 is 1.15 bits per heavy atom. The van der Waals surface area contributed by atoms with Crippen molar-refractivity contribution in [1.29, 1.82) is 0 Å². The first-order valence-corrected chi connectivity index (χ1v) is 14.8. The van der Waals surface area contributed by atoms with Crippen LogP contribution in [0.25, 0.3) is 10.9 Å². The Hall–Kier alpha value is -1.93. The second kappa shape index (κ2) is 10.1. The van der Waals surface area contributed by atoms with Crippen molar-refractivity contribution in [2.45, 2.75) is 58.8 Å². The van der Waals surface area contributed by atoms with Crippen molar-refractivity contribution in [3.05, 3.63) is 52.7 Å². The van der Waals surface area contributed by atoms with Crippen LogP contribution >= 0.6 is 23.2 Å². The first kappa shape index (κ1) is 25.7. The SMILES string of the molecule is CCCn1ccc2cc(N(CCO[Si](C)(C)C(C)(C)C)C(=O)c3c(Cl)ncnc3Cl)ccc21. The van der Waals surface area contributed by atoms with Crippen LogP contribution in [0.15, 0.2) is 36.8 Å². The second-order valence-electron chi connectivity index (χ2n) is 9.65. The number of amides is 1. The van der Waals surface area contributed by atoms with Gasteiger partial charge in [-0.1, -0.05) is 50.9 Å². The standard InChI is InChI=1S/C24H32Cl2N4O2Si/c1-7-11-29-12-10-17-15-18(8-9-19(17)29)30(13-14-32-33(5,6)24(2,3)4)23(31)20-21(25)27-16-28-22(20)26/h8-10,12,15-16H,7,11,13-14H2,1-6H3. The van der Waals surface area contributed by atoms with Crippen molar-refractivity contribution < 1.29 is 9.22 Å². The predicted molar refractivity (Wildman–Crippen MR) is 139 cm³/mol. The molecule has 0 radical (unpaired) electrons. The van der Waals surface area contributed by atoms with Crippen LogP contribution in [0.2, 0.25) is 28.4 Å². The first-order valence-electron chi connectivity index (χ1n) is 11.2. The van der Waals surface area contributed by atoms with Gasteiger partial charge in [0.25, 0.3) is 5.91 Å². The molecule has 2 heterocycles. The highest BCUT2D eigenvalue weighted by atomic mass is 35.5. The number of aromatic nitrogens is 3. The zero-order valence-electron chi connectivity index (χ0n) is 20.2. The Morgan fingerprint density at radius 3 is 2.42 bits per heavy atom. The lowest BCUT2D eigenvalue weighted by Crippen LogP contribution is -2.43. The predicted octanol–water partition coefficient (Wildman–Crippen LogP) is 6.82. The van der Waals surface area contributed by atoms with Gasteiger partial charge in [-0.15, -0.1) is 0 Å². The third-order valence-electron chi connectivity index (χ3n) is 6.33. The fourth-order valence-corrected chi connectivity index (χ4v) is 4.91. The van der Waals surface area contributed by atoms with E-state index < -0.39 is 8.32 Å². The molecule has 0 saturated carbocycles. The molecule has 0 N–H and O–H groups in total. The summed E-state index contributed by atoms with van der Waals surface area (Å²) in [5.41, 5.74) is 1.97. The van der Waals surface area contributed by atoms with Gasteiger partial charge in [0.2, 0.25) is 0 Å². The van der Waals surface area contributed by atoms with Crippen molar-refractivity contribution in [1.82, 2.24) is 14.5 Å². The van der Waals surface area contributed by atoms with Gasteiger partial charge in [0.1, 0.15) is 22.2 Å². The summed E-state index contributed by atoms with van der Waals surface area (Å²) in [4.78, 5) is 23.2. The van der Waals surface area contributed by atoms with Gasteiger partial charge in [-0.05, 0) is 48.8 Å². The topological polar surface area (TPSA) is 60.2 Å². The first-order chi connectivity index (χ1) is 15.5. The van der Waals surface area contributed by atoms with E-state index in [0.29, 0.717) is 13.2 Å². The van der Waals surface area contributed by atoms with Gasteiger partial charge in [0, 0.05) is 35.9 Å². The quantitative estimate of drug-likeness (QED) is 0.248. The van der Waals surface area contributed by atoms with Crippen molar-refractivity contribution in [2.75, 3.05) is 18.1 Å². The molecule has 0 fully saturated rings. The van der Waals surface area contributed by atoms with Crippen LogP contribution < -0.4 is 4.90 Å². The van der Waals surface area contributed by atoms with E-state index in [1.165, 1.54) is 6.33 Å². The summed E-state index contributed by atoms with van der Waals surface area (Å²) >= 11 is 12.5. The maximum absolute atomic E-state index is 13.6. The fourth-order valence-electron chi connectivity index (χ4n) is 3.40. The molecule has 0 atom stereocenters. The number of hydrogen-bond acceptors (Lipinski definition) is 4. The summed E-state index contributed by atoms with van der Waals surface area (Å²) in [6.07, 6.45) is 4.37. The molecule has 0 saturated heterocycles. The van der Waals surface area contributed by atoms with Crippen LogP contribution in [0.3, 0.4) is 0 Å². The molecule has 9 heteroatoms. The van der Waals surface area contributed by atoms with E-state index in [2.05, 4.69) is 67.6 Å². The molecule has 0 spiro atoms. The van der Waals surface area contributed by atoms with E-state index in [9.17, 15) is 4.79 Å². The van der Waals surface area contributed by atoms with Crippen LogP contribution in [-0.2, 0) is 11.0 Å². The zero-order chi connectivity index (χ0) is 24.4. The number of aryl methyl sites for hydroxylation is 1. The van der Waals surface area contributed by atoms with Crippen LogP contribution in [-0.4, -0.2) is 41.9 Å². The molecule has 1 amide bonds. The van der Waals surface area contributed by atoms with Gasteiger partial charge in [-0.2, -0.15) is 0 Å². The normalized spacial score (nSPS) is 12.4. The summed E-state index contributed by atoms with van der Waals surface area (Å²) in [5.74, 6) is -0.350. The highest BCUT2D eigenvalue weighted by Gasteiger charge is 2.37. The molecule has 6 nitrogen and oxygen atoms in total. The number of benzene rings is 1. The molecule has 0 unspecified atom stereocenters. The monoisotopic (exact) mass is 506 g/mol. The van der Waals surface area contributed by atoms with Gasteiger partial charge >= 0.3 is 0 Å². The van der Waals surface area contributed by atoms with Gasteiger partial charge in [-0.25, -0.2) is 9.97 Å². The van der Waals surface area contributed by atoms with Crippen molar-refractivity contribution in [3.8, 4) is 0 Å². The number of rotatable bonds is 8. The maximum Gasteiger partial charge on any atom is 0.264 e. The van der Waals surface area contributed by atoms with Crippen LogP contribution in [0.1, 0.15) is 44.5 Å². The largest absolute Gasteiger partial charge is 0.415 e. The van der Waals surface area contributed by atoms with Gasteiger partial charge in [-0.3, -0.25) is 4.79 Å². The maximum atomic E-state index is 13.6. The molecule has 178 valence electrons. The highest BCUT2D eigenvalue weighted by Crippen LogP contribution is 2.36. The minimum absolute atomic E-state index is 0.0329. The van der Waals surface area contributed by atoms with Crippen molar-refractivity contribution in [2.24, 2.45) is 0 Å². The Morgan fingerprint density at radius 2 is 1.82 bits per heavy atom. The molecule has 3 aromatic rings. The number of hydrogen-bond donors (Lipinski definition) is 0. The molecule has 2 aromatic heterocycles. The average molecular weight is 508 g/mol. The third-order valence-corrected chi connectivity index (χ3v) is 11.4. The average Bonchev–Trinajstić information content (AvgIpc) is 3.12. The second-order valence-corrected chi connectivity index (χ2v) is 15.2. The van der Waals surface area contributed by atoms with E-state index in [0.717, 1.165) is 29.6 Å². The molecular formula is C24H32Cl2N4O2Si.